The van der Waals surface area contributed by atoms with Crippen molar-refractivity contribution in [2.75, 3.05) is 13.7 Å². The Kier molecular flexibility index (Phi) is 5.62. The topological polar surface area (TPSA) is 119 Å². The third kappa shape index (κ3) is 4.64. The average molecular weight is 336 g/mol. The summed E-state index contributed by atoms with van der Waals surface area (Å²) < 4.78 is 42.3. The molecule has 0 aliphatic carbocycles. The molecule has 2 N–H and O–H groups in total. The minimum atomic E-state index is -4.82. The number of carbonyl (C=O) groups is 2. The van der Waals surface area contributed by atoms with Crippen molar-refractivity contribution >= 4 is 17.6 Å². The lowest BCUT2D eigenvalue weighted by atomic mass is 10.1. The van der Waals surface area contributed by atoms with Crippen molar-refractivity contribution in [2.45, 2.75) is 12.2 Å². The van der Waals surface area contributed by atoms with Crippen LogP contribution in [-0.4, -0.2) is 41.7 Å². The van der Waals surface area contributed by atoms with Gasteiger partial charge in [0, 0.05) is 13.2 Å². The van der Waals surface area contributed by atoms with Crippen LogP contribution in [0.1, 0.15) is 15.9 Å². The number of nitrogens with one attached hydrogen (secondary N) is 1. The number of rotatable bonds is 6. The highest BCUT2D eigenvalue weighted by molar-refractivity contribution is 6.00. The van der Waals surface area contributed by atoms with E-state index in [2.05, 4.69) is 4.74 Å². The van der Waals surface area contributed by atoms with E-state index in [4.69, 9.17) is 5.11 Å². The molecule has 1 rings (SSSR count). The van der Waals surface area contributed by atoms with Crippen molar-refractivity contribution in [1.29, 1.82) is 0 Å². The Labute approximate surface area is 127 Å². The van der Waals surface area contributed by atoms with Gasteiger partial charge in [0.05, 0.1) is 17.1 Å². The maximum atomic E-state index is 12.6. The molecule has 0 radical (unpaired) electrons. The fourth-order valence-corrected chi connectivity index (χ4v) is 1.63. The van der Waals surface area contributed by atoms with Gasteiger partial charge in [-0.1, -0.05) is 0 Å². The maximum Gasteiger partial charge on any atom is 0.416 e. The Hall–Kier alpha value is -2.69. The lowest BCUT2D eigenvalue weighted by molar-refractivity contribution is -0.385. The number of halogens is 3. The van der Waals surface area contributed by atoms with Crippen LogP contribution in [0.3, 0.4) is 0 Å². The molecule has 1 aromatic carbocycles. The standard InChI is InChI=1S/C12H11F3N2O6/c1-23-5-8(11(19)20)16-10(18)7-3-2-6(12(13,14)15)4-9(7)17(21)22/h2-4,8H,5H2,1H3,(H,16,18)(H,19,20). The lowest BCUT2D eigenvalue weighted by Gasteiger charge is -2.14. The van der Waals surface area contributed by atoms with Crippen molar-refractivity contribution in [2.24, 2.45) is 0 Å². The first-order valence-electron chi connectivity index (χ1n) is 5.96. The van der Waals surface area contributed by atoms with Gasteiger partial charge < -0.3 is 15.2 Å². The molecule has 0 saturated heterocycles. The van der Waals surface area contributed by atoms with Crippen molar-refractivity contribution in [3.8, 4) is 0 Å². The quantitative estimate of drug-likeness (QED) is 0.599. The highest BCUT2D eigenvalue weighted by atomic mass is 19.4. The first kappa shape index (κ1) is 18.4. The lowest BCUT2D eigenvalue weighted by Crippen LogP contribution is -2.44. The zero-order valence-corrected chi connectivity index (χ0v) is 11.6. The summed E-state index contributed by atoms with van der Waals surface area (Å²) in [7, 11) is 1.17. The minimum Gasteiger partial charge on any atom is -0.480 e. The fraction of sp³-hybridized carbons (Fsp3) is 0.333. The molecule has 1 aromatic rings. The maximum absolute atomic E-state index is 12.6. The monoisotopic (exact) mass is 336 g/mol. The van der Waals surface area contributed by atoms with Gasteiger partial charge in [0.2, 0.25) is 0 Å². The second-order valence-electron chi connectivity index (χ2n) is 4.31. The summed E-state index contributed by atoms with van der Waals surface area (Å²) in [5, 5.41) is 21.7. The summed E-state index contributed by atoms with van der Waals surface area (Å²) in [6.07, 6.45) is -4.82. The van der Waals surface area contributed by atoms with Gasteiger partial charge in [-0.2, -0.15) is 13.2 Å². The van der Waals surface area contributed by atoms with Crippen LogP contribution in [-0.2, 0) is 15.7 Å². The van der Waals surface area contributed by atoms with E-state index in [0.717, 1.165) is 0 Å². The number of carboxylic acids is 1. The molecule has 8 nitrogen and oxygen atoms in total. The van der Waals surface area contributed by atoms with Crippen LogP contribution in [0.15, 0.2) is 18.2 Å². The molecule has 126 valence electrons. The summed E-state index contributed by atoms with van der Waals surface area (Å²) in [5.74, 6) is -2.66. The van der Waals surface area contributed by atoms with E-state index in [1.54, 1.807) is 0 Å². The van der Waals surface area contributed by atoms with E-state index in [9.17, 15) is 32.9 Å². The van der Waals surface area contributed by atoms with Crippen molar-refractivity contribution in [3.05, 3.63) is 39.4 Å². The third-order valence-corrected chi connectivity index (χ3v) is 2.70. The zero-order chi connectivity index (χ0) is 17.8. The number of carbonyl (C=O) groups excluding carboxylic acids is 1. The van der Waals surface area contributed by atoms with E-state index in [-0.39, 0.29) is 6.07 Å². The van der Waals surface area contributed by atoms with Gasteiger partial charge in [0.15, 0.2) is 6.04 Å². The molecule has 0 spiro atoms. The molecule has 1 unspecified atom stereocenters. The average Bonchev–Trinajstić information content (AvgIpc) is 2.44. The number of alkyl halides is 3. The first-order valence-corrected chi connectivity index (χ1v) is 5.96. The summed E-state index contributed by atoms with van der Waals surface area (Å²) in [6.45, 7) is -0.421. The summed E-state index contributed by atoms with van der Waals surface area (Å²) in [6, 6.07) is -0.189. The molecule has 23 heavy (non-hydrogen) atoms. The number of hydrogen-bond donors (Lipinski definition) is 2. The van der Waals surface area contributed by atoms with Crippen molar-refractivity contribution in [1.82, 2.24) is 5.32 Å². The number of ether oxygens (including phenoxy) is 1. The smallest absolute Gasteiger partial charge is 0.416 e. The van der Waals surface area contributed by atoms with Gasteiger partial charge in [-0.3, -0.25) is 14.9 Å². The molecule has 0 bridgehead atoms. The molecule has 0 fully saturated rings. The van der Waals surface area contributed by atoms with E-state index < -0.39 is 52.4 Å². The number of nitro groups is 1. The molecule has 0 aliphatic heterocycles. The summed E-state index contributed by atoms with van der Waals surface area (Å²) >= 11 is 0. The van der Waals surface area contributed by atoms with Crippen LogP contribution < -0.4 is 5.32 Å². The minimum absolute atomic E-state index is 0.209. The number of benzene rings is 1. The molecular formula is C12H11F3N2O6. The van der Waals surface area contributed by atoms with Gasteiger partial charge in [0.1, 0.15) is 5.56 Å². The van der Waals surface area contributed by atoms with Crippen LogP contribution in [0.2, 0.25) is 0 Å². The van der Waals surface area contributed by atoms with Gasteiger partial charge in [0.25, 0.3) is 11.6 Å². The molecule has 1 amide bonds. The molecule has 0 aliphatic rings. The molecule has 0 aromatic heterocycles. The van der Waals surface area contributed by atoms with Crippen molar-refractivity contribution in [3.63, 3.8) is 0 Å². The van der Waals surface area contributed by atoms with Gasteiger partial charge in [-0.15, -0.1) is 0 Å². The molecule has 11 heteroatoms. The molecule has 1 atom stereocenters. The van der Waals surface area contributed by atoms with Crippen LogP contribution in [0.4, 0.5) is 18.9 Å². The molecule has 0 saturated carbocycles. The number of hydrogen-bond acceptors (Lipinski definition) is 5. The van der Waals surface area contributed by atoms with Crippen LogP contribution in [0.5, 0.6) is 0 Å². The van der Waals surface area contributed by atoms with Gasteiger partial charge in [-0.05, 0) is 12.1 Å². The number of amides is 1. The van der Waals surface area contributed by atoms with E-state index >= 15 is 0 Å². The largest absolute Gasteiger partial charge is 0.480 e. The van der Waals surface area contributed by atoms with Gasteiger partial charge in [-0.25, -0.2) is 4.79 Å². The molecule has 0 heterocycles. The highest BCUT2D eigenvalue weighted by Crippen LogP contribution is 2.33. The normalized spacial score (nSPS) is 12.5. The summed E-state index contributed by atoms with van der Waals surface area (Å²) in [4.78, 5) is 32.5. The Morgan fingerprint density at radius 2 is 2.04 bits per heavy atom. The predicted octanol–water partition coefficient (Wildman–Crippen LogP) is 1.44. The van der Waals surface area contributed by atoms with Gasteiger partial charge >= 0.3 is 12.1 Å². The predicted molar refractivity (Wildman–Crippen MR) is 68.9 cm³/mol. The van der Waals surface area contributed by atoms with E-state index in [1.807, 2.05) is 5.32 Å². The van der Waals surface area contributed by atoms with Crippen LogP contribution in [0, 0.1) is 10.1 Å². The fourth-order valence-electron chi connectivity index (χ4n) is 1.63. The third-order valence-electron chi connectivity index (χ3n) is 2.70. The number of carboxylic acid groups (broad SMARTS) is 1. The Morgan fingerprint density at radius 1 is 1.43 bits per heavy atom. The number of aliphatic carboxylic acids is 1. The Balaban J connectivity index is 3.18. The second-order valence-corrected chi connectivity index (χ2v) is 4.31. The zero-order valence-electron chi connectivity index (χ0n) is 11.6. The second kappa shape index (κ2) is 7.05. The number of nitrogens with zero attached hydrogens (tertiary/aromatic N) is 1. The Bertz CT molecular complexity index is 632. The Morgan fingerprint density at radius 3 is 2.48 bits per heavy atom. The van der Waals surface area contributed by atoms with E-state index in [0.29, 0.717) is 12.1 Å². The van der Waals surface area contributed by atoms with Crippen LogP contribution in [0.25, 0.3) is 0 Å². The summed E-state index contributed by atoms with van der Waals surface area (Å²) in [5.41, 5.74) is -3.07. The number of nitro benzene ring substituents is 1. The highest BCUT2D eigenvalue weighted by Gasteiger charge is 2.34. The van der Waals surface area contributed by atoms with Crippen molar-refractivity contribution < 1.29 is 37.5 Å². The van der Waals surface area contributed by atoms with E-state index in [1.165, 1.54) is 7.11 Å². The molecular weight excluding hydrogens is 325 g/mol. The first-order chi connectivity index (χ1) is 10.6. The SMILES string of the molecule is COCC(NC(=O)c1ccc(C(F)(F)F)cc1[N+](=O)[O-])C(=O)O. The van der Waals surface area contributed by atoms with Crippen LogP contribution >= 0.6 is 0 Å². The number of methoxy groups -OCH3 is 1.